The molecule has 0 radical (unpaired) electrons. The fourth-order valence-corrected chi connectivity index (χ4v) is 2.18. The number of hydrogen-bond acceptors (Lipinski definition) is 3. The van der Waals surface area contributed by atoms with Gasteiger partial charge >= 0.3 is 0 Å². The molecule has 0 unspecified atom stereocenters. The first-order valence-electron chi connectivity index (χ1n) is 7.30. The van der Waals surface area contributed by atoms with Gasteiger partial charge in [-0.05, 0) is 17.4 Å². The molecular formula is C16H24N2O3. The molecule has 1 rings (SSSR count). The van der Waals surface area contributed by atoms with Crippen molar-refractivity contribution in [3.8, 4) is 0 Å². The summed E-state index contributed by atoms with van der Waals surface area (Å²) in [6, 6.07) is 6.19. The van der Waals surface area contributed by atoms with Crippen molar-refractivity contribution in [3.05, 3.63) is 39.9 Å². The molecule has 116 valence electrons. The fourth-order valence-electron chi connectivity index (χ4n) is 2.18. The molecule has 0 aliphatic carbocycles. The van der Waals surface area contributed by atoms with Crippen LogP contribution in [0.15, 0.2) is 24.3 Å². The molecule has 5 nitrogen and oxygen atoms in total. The zero-order chi connectivity index (χ0) is 16.0. The third kappa shape index (κ3) is 5.94. The molecule has 0 N–H and O–H groups in total. The molecule has 0 aliphatic rings. The Balaban J connectivity index is 2.73. The molecule has 0 spiro atoms. The van der Waals surface area contributed by atoms with Gasteiger partial charge in [0.15, 0.2) is 0 Å². The molecule has 0 saturated carbocycles. The minimum absolute atomic E-state index is 0.0485. The molecule has 1 aromatic rings. The van der Waals surface area contributed by atoms with Gasteiger partial charge in [0.1, 0.15) is 0 Å². The number of non-ortho nitro benzene ring substituents is 1. The van der Waals surface area contributed by atoms with Crippen LogP contribution in [0.2, 0.25) is 0 Å². The van der Waals surface area contributed by atoms with Gasteiger partial charge in [-0.3, -0.25) is 14.9 Å². The van der Waals surface area contributed by atoms with Gasteiger partial charge in [-0.2, -0.15) is 0 Å². The standard InChI is InChI=1S/C16H24N2O3/c1-12(2)10-17(11-13(3)4)16(19)9-14-5-7-15(8-6-14)18(20)21/h5-8,12-13H,9-11H2,1-4H3. The van der Waals surface area contributed by atoms with E-state index in [4.69, 9.17) is 0 Å². The first kappa shape index (κ1) is 17.1. The van der Waals surface area contributed by atoms with Crippen LogP contribution in [0.5, 0.6) is 0 Å². The van der Waals surface area contributed by atoms with E-state index in [0.717, 1.165) is 18.7 Å². The highest BCUT2D eigenvalue weighted by Crippen LogP contribution is 2.14. The van der Waals surface area contributed by atoms with E-state index in [0.29, 0.717) is 11.8 Å². The Morgan fingerprint density at radius 1 is 1.10 bits per heavy atom. The lowest BCUT2D eigenvalue weighted by molar-refractivity contribution is -0.384. The monoisotopic (exact) mass is 292 g/mol. The molecule has 5 heteroatoms. The minimum Gasteiger partial charge on any atom is -0.342 e. The normalized spacial score (nSPS) is 11.0. The lowest BCUT2D eigenvalue weighted by atomic mass is 10.1. The highest BCUT2D eigenvalue weighted by molar-refractivity contribution is 5.78. The number of nitro groups is 1. The largest absolute Gasteiger partial charge is 0.342 e. The van der Waals surface area contributed by atoms with Gasteiger partial charge in [0.2, 0.25) is 5.91 Å². The van der Waals surface area contributed by atoms with Crippen LogP contribution < -0.4 is 0 Å². The fraction of sp³-hybridized carbons (Fsp3) is 0.562. The number of carbonyl (C=O) groups excluding carboxylic acids is 1. The number of hydrogen-bond donors (Lipinski definition) is 0. The number of rotatable bonds is 7. The Bertz CT molecular complexity index is 471. The second-order valence-corrected chi connectivity index (χ2v) is 6.19. The van der Waals surface area contributed by atoms with Crippen molar-refractivity contribution in [1.29, 1.82) is 0 Å². The van der Waals surface area contributed by atoms with Crippen LogP contribution >= 0.6 is 0 Å². The molecule has 0 bridgehead atoms. The number of nitro benzene ring substituents is 1. The molecule has 0 atom stereocenters. The molecule has 0 saturated heterocycles. The Labute approximate surface area is 126 Å². The van der Waals surface area contributed by atoms with E-state index in [1.807, 2.05) is 4.90 Å². The van der Waals surface area contributed by atoms with E-state index in [9.17, 15) is 14.9 Å². The van der Waals surface area contributed by atoms with E-state index in [1.54, 1.807) is 12.1 Å². The van der Waals surface area contributed by atoms with Crippen molar-refractivity contribution >= 4 is 11.6 Å². The Morgan fingerprint density at radius 3 is 1.95 bits per heavy atom. The molecule has 0 fully saturated rings. The second kappa shape index (κ2) is 7.76. The lowest BCUT2D eigenvalue weighted by Crippen LogP contribution is -2.37. The van der Waals surface area contributed by atoms with E-state index < -0.39 is 4.92 Å². The summed E-state index contributed by atoms with van der Waals surface area (Å²) in [7, 11) is 0. The first-order valence-corrected chi connectivity index (χ1v) is 7.30. The summed E-state index contributed by atoms with van der Waals surface area (Å²) in [6.45, 7) is 9.84. The predicted octanol–water partition coefficient (Wildman–Crippen LogP) is 3.28. The maximum absolute atomic E-state index is 12.4. The van der Waals surface area contributed by atoms with E-state index in [1.165, 1.54) is 12.1 Å². The van der Waals surface area contributed by atoms with Crippen LogP contribution in [0.3, 0.4) is 0 Å². The van der Waals surface area contributed by atoms with E-state index in [-0.39, 0.29) is 18.0 Å². The zero-order valence-electron chi connectivity index (χ0n) is 13.2. The molecule has 1 amide bonds. The Hall–Kier alpha value is -1.91. The molecule has 0 aliphatic heterocycles. The lowest BCUT2D eigenvalue weighted by Gasteiger charge is -2.26. The van der Waals surface area contributed by atoms with Gasteiger partial charge in [-0.25, -0.2) is 0 Å². The van der Waals surface area contributed by atoms with Crippen molar-refractivity contribution in [2.75, 3.05) is 13.1 Å². The average molecular weight is 292 g/mol. The number of amides is 1. The third-order valence-corrected chi connectivity index (χ3v) is 3.03. The summed E-state index contributed by atoms with van der Waals surface area (Å²) in [4.78, 5) is 24.5. The average Bonchev–Trinajstić information content (AvgIpc) is 2.37. The summed E-state index contributed by atoms with van der Waals surface area (Å²) in [5.41, 5.74) is 0.857. The molecule has 0 heterocycles. The van der Waals surface area contributed by atoms with Crippen molar-refractivity contribution in [2.45, 2.75) is 34.1 Å². The third-order valence-electron chi connectivity index (χ3n) is 3.03. The first-order chi connectivity index (χ1) is 9.79. The Morgan fingerprint density at radius 2 is 1.57 bits per heavy atom. The van der Waals surface area contributed by atoms with Crippen molar-refractivity contribution in [3.63, 3.8) is 0 Å². The quantitative estimate of drug-likeness (QED) is 0.572. The van der Waals surface area contributed by atoms with E-state index in [2.05, 4.69) is 27.7 Å². The van der Waals surface area contributed by atoms with Crippen LogP contribution in [0.25, 0.3) is 0 Å². The number of benzene rings is 1. The minimum atomic E-state index is -0.435. The summed E-state index contributed by atoms with van der Waals surface area (Å²) < 4.78 is 0. The van der Waals surface area contributed by atoms with Crippen LogP contribution in [-0.2, 0) is 11.2 Å². The maximum Gasteiger partial charge on any atom is 0.269 e. The summed E-state index contributed by atoms with van der Waals surface area (Å²) in [5, 5.41) is 10.6. The van der Waals surface area contributed by atoms with Gasteiger partial charge in [0, 0.05) is 25.2 Å². The van der Waals surface area contributed by atoms with Crippen LogP contribution in [-0.4, -0.2) is 28.8 Å². The van der Waals surface area contributed by atoms with Gasteiger partial charge in [-0.15, -0.1) is 0 Å². The molecular weight excluding hydrogens is 268 g/mol. The Kier molecular flexibility index (Phi) is 6.34. The van der Waals surface area contributed by atoms with Gasteiger partial charge in [-0.1, -0.05) is 39.8 Å². The molecule has 1 aromatic carbocycles. The van der Waals surface area contributed by atoms with E-state index >= 15 is 0 Å². The maximum atomic E-state index is 12.4. The highest BCUT2D eigenvalue weighted by atomic mass is 16.6. The van der Waals surface area contributed by atoms with Crippen LogP contribution in [0.1, 0.15) is 33.3 Å². The van der Waals surface area contributed by atoms with Gasteiger partial charge in [0.25, 0.3) is 5.69 Å². The van der Waals surface area contributed by atoms with Crippen LogP contribution in [0.4, 0.5) is 5.69 Å². The molecule has 21 heavy (non-hydrogen) atoms. The van der Waals surface area contributed by atoms with Gasteiger partial charge < -0.3 is 4.90 Å². The van der Waals surface area contributed by atoms with Gasteiger partial charge in [0.05, 0.1) is 11.3 Å². The number of nitrogens with zero attached hydrogens (tertiary/aromatic N) is 2. The van der Waals surface area contributed by atoms with Crippen molar-refractivity contribution in [1.82, 2.24) is 4.90 Å². The van der Waals surface area contributed by atoms with Crippen LogP contribution in [0, 0.1) is 22.0 Å². The summed E-state index contributed by atoms with van der Waals surface area (Å²) in [6.07, 6.45) is 0.289. The second-order valence-electron chi connectivity index (χ2n) is 6.19. The smallest absolute Gasteiger partial charge is 0.269 e. The zero-order valence-corrected chi connectivity index (χ0v) is 13.2. The topological polar surface area (TPSA) is 63.5 Å². The highest BCUT2D eigenvalue weighted by Gasteiger charge is 2.17. The molecule has 0 aromatic heterocycles. The summed E-state index contributed by atoms with van der Waals surface area (Å²) in [5.74, 6) is 0.917. The number of carbonyl (C=O) groups is 1. The van der Waals surface area contributed by atoms with Crippen molar-refractivity contribution < 1.29 is 9.72 Å². The SMILES string of the molecule is CC(C)CN(CC(C)C)C(=O)Cc1ccc([N+](=O)[O-])cc1. The van der Waals surface area contributed by atoms with Crippen molar-refractivity contribution in [2.24, 2.45) is 11.8 Å². The summed E-state index contributed by atoms with van der Waals surface area (Å²) >= 11 is 0. The predicted molar refractivity (Wildman–Crippen MR) is 83.1 cm³/mol.